The van der Waals surface area contributed by atoms with E-state index < -0.39 is 60.8 Å². The highest BCUT2D eigenvalue weighted by Crippen LogP contribution is 2.54. The average molecular weight is 638 g/mol. The molecule has 226 valence electrons. The molecule has 43 heavy (non-hydrogen) atoms. The number of fused-ring (bicyclic) bond motifs is 2. The number of amides is 1. The number of nitrogens with zero attached hydrogens (tertiary/aromatic N) is 2. The lowest BCUT2D eigenvalue weighted by Crippen LogP contribution is -2.40. The van der Waals surface area contributed by atoms with Gasteiger partial charge in [-0.15, -0.1) is 0 Å². The number of hydrogen-bond acceptors (Lipinski definition) is 8. The molecule has 1 amide bonds. The van der Waals surface area contributed by atoms with E-state index >= 15 is 0 Å². The van der Waals surface area contributed by atoms with Gasteiger partial charge in [-0.3, -0.25) is 14.9 Å². The number of nitro groups is 1. The van der Waals surface area contributed by atoms with Gasteiger partial charge in [0.25, 0.3) is 11.6 Å². The van der Waals surface area contributed by atoms with Crippen LogP contribution >= 0.6 is 11.6 Å². The third-order valence-corrected chi connectivity index (χ3v) is 10.6. The molecule has 3 aromatic rings. The number of nitro benzene ring substituents is 1. The van der Waals surface area contributed by atoms with Gasteiger partial charge < -0.3 is 15.3 Å². The van der Waals surface area contributed by atoms with Gasteiger partial charge in [0.1, 0.15) is 12.2 Å². The van der Waals surface area contributed by atoms with Crippen LogP contribution < -0.4 is 5.32 Å². The first-order valence-corrected chi connectivity index (χ1v) is 14.8. The van der Waals surface area contributed by atoms with Crippen LogP contribution in [0.2, 0.25) is 5.02 Å². The van der Waals surface area contributed by atoms with Crippen LogP contribution in [0.4, 0.5) is 24.5 Å². The maximum absolute atomic E-state index is 13.9. The van der Waals surface area contributed by atoms with E-state index in [-0.39, 0.29) is 39.9 Å². The molecule has 4 atom stereocenters. The fourth-order valence-electron chi connectivity index (χ4n) is 5.79. The molecule has 0 heterocycles. The van der Waals surface area contributed by atoms with E-state index in [1.807, 2.05) is 0 Å². The zero-order valence-corrected chi connectivity index (χ0v) is 23.6. The number of nitrogens with one attached hydrogen (secondary N) is 1. The summed E-state index contributed by atoms with van der Waals surface area (Å²) >= 11 is 6.26. The predicted molar refractivity (Wildman–Crippen MR) is 149 cm³/mol. The second-order valence-electron chi connectivity index (χ2n) is 10.4. The average Bonchev–Trinajstić information content (AvgIpc) is 3.51. The van der Waals surface area contributed by atoms with Gasteiger partial charge >= 0.3 is 0 Å². The fourth-order valence-corrected chi connectivity index (χ4v) is 8.69. The van der Waals surface area contributed by atoms with Gasteiger partial charge in [-0.1, -0.05) is 16.8 Å². The molecule has 0 aromatic heterocycles. The molecule has 0 spiro atoms. The Balaban J connectivity index is 1.31. The molecule has 0 saturated heterocycles. The van der Waals surface area contributed by atoms with Crippen LogP contribution in [0.1, 0.15) is 35.2 Å². The van der Waals surface area contributed by atoms with E-state index in [4.69, 9.17) is 16.4 Å². The first-order valence-electron chi connectivity index (χ1n) is 12.9. The number of aliphatic hydroxyl groups is 1. The number of carbonyl (C=O) groups excluding carboxylic acids is 1. The van der Waals surface area contributed by atoms with Gasteiger partial charge in [-0.25, -0.2) is 21.6 Å². The molecular formula is C28H23ClF3N3O7S. The fraction of sp³-hybridized carbons (Fsp3) is 0.286. The molecule has 2 fully saturated rings. The van der Waals surface area contributed by atoms with Gasteiger partial charge in [0.05, 0.1) is 26.3 Å². The Morgan fingerprint density at radius 2 is 1.81 bits per heavy atom. The third kappa shape index (κ3) is 5.94. The van der Waals surface area contributed by atoms with E-state index in [2.05, 4.69) is 10.5 Å². The highest BCUT2D eigenvalue weighted by Gasteiger charge is 2.61. The summed E-state index contributed by atoms with van der Waals surface area (Å²) in [7, 11) is -4.21. The number of non-ortho nitro benzene ring substituents is 1. The molecule has 0 aliphatic heterocycles. The highest BCUT2D eigenvalue weighted by molar-refractivity contribution is 7.92. The Labute approximate surface area is 248 Å². The molecule has 2 bridgehead atoms. The summed E-state index contributed by atoms with van der Waals surface area (Å²) in [4.78, 5) is 27.9. The molecule has 0 radical (unpaired) electrons. The summed E-state index contributed by atoms with van der Waals surface area (Å²) in [6.45, 7) is -0.0396. The van der Waals surface area contributed by atoms with Crippen LogP contribution in [-0.2, 0) is 21.3 Å². The molecule has 2 aliphatic rings. The maximum atomic E-state index is 13.9. The van der Waals surface area contributed by atoms with Crippen LogP contribution in [0.25, 0.3) is 0 Å². The molecule has 5 rings (SSSR count). The largest absolute Gasteiger partial charge is 0.391 e. The predicted octanol–water partition coefficient (Wildman–Crippen LogP) is 5.42. The van der Waals surface area contributed by atoms with E-state index in [1.54, 1.807) is 0 Å². The Kier molecular flexibility index (Phi) is 8.20. The van der Waals surface area contributed by atoms with E-state index in [0.717, 1.165) is 12.3 Å². The summed E-state index contributed by atoms with van der Waals surface area (Å²) in [5.74, 6) is -6.85. The standard InChI is InChI=1S/C28H23ClF3N3O7S/c29-21-8-4-16(27(36)34-18-10-22(30)25(32)23(31)11-18)9-24(21)43(40,41)26-17-3-7-20(26)28(37,12-17)14-33-42-13-15-1-5-19(6-2-15)35(38)39/h1-2,4-6,8-11,14,17,20,26,37H,3,7,12-13H2,(H,34,36)/b33-14+/t17?,20?,26-,28+/m1/s1. The van der Waals surface area contributed by atoms with Crippen molar-refractivity contribution in [2.45, 2.75) is 41.6 Å². The number of anilines is 1. The smallest absolute Gasteiger partial charge is 0.269 e. The Bertz CT molecular complexity index is 1720. The minimum atomic E-state index is -4.21. The van der Waals surface area contributed by atoms with Crippen molar-refractivity contribution in [2.24, 2.45) is 17.0 Å². The Morgan fingerprint density at radius 1 is 1.14 bits per heavy atom. The summed E-state index contributed by atoms with van der Waals surface area (Å²) in [5, 5.41) is 27.0. The maximum Gasteiger partial charge on any atom is 0.269 e. The lowest BCUT2D eigenvalue weighted by molar-refractivity contribution is -0.384. The summed E-state index contributed by atoms with van der Waals surface area (Å²) in [5.41, 5.74) is -1.66. The quantitative estimate of drug-likeness (QED) is 0.138. The van der Waals surface area contributed by atoms with Crippen molar-refractivity contribution in [2.75, 3.05) is 5.32 Å². The second kappa shape index (κ2) is 11.6. The second-order valence-corrected chi connectivity index (χ2v) is 12.9. The lowest BCUT2D eigenvalue weighted by Gasteiger charge is -2.28. The number of carbonyl (C=O) groups is 1. The minimum Gasteiger partial charge on any atom is -0.391 e. The van der Waals surface area contributed by atoms with Crippen LogP contribution in [0.5, 0.6) is 0 Å². The van der Waals surface area contributed by atoms with Gasteiger partial charge in [-0.2, -0.15) is 0 Å². The van der Waals surface area contributed by atoms with Crippen molar-refractivity contribution in [3.63, 3.8) is 0 Å². The molecule has 2 saturated carbocycles. The summed E-state index contributed by atoms with van der Waals surface area (Å²) in [6, 6.07) is 10.2. The van der Waals surface area contributed by atoms with Crippen LogP contribution in [0, 0.1) is 39.4 Å². The van der Waals surface area contributed by atoms with Crippen molar-refractivity contribution in [3.05, 3.63) is 98.3 Å². The Hall–Kier alpha value is -4.01. The molecule has 2 unspecified atom stereocenters. The number of rotatable bonds is 9. The van der Waals surface area contributed by atoms with Gasteiger partial charge in [0, 0.05) is 41.4 Å². The third-order valence-electron chi connectivity index (χ3n) is 7.77. The van der Waals surface area contributed by atoms with Crippen molar-refractivity contribution in [1.29, 1.82) is 0 Å². The summed E-state index contributed by atoms with van der Waals surface area (Å²) < 4.78 is 68.1. The van der Waals surface area contributed by atoms with Gasteiger partial charge in [-0.05, 0) is 61.1 Å². The molecular weight excluding hydrogens is 615 g/mol. The van der Waals surface area contributed by atoms with Crippen molar-refractivity contribution in [1.82, 2.24) is 0 Å². The monoisotopic (exact) mass is 637 g/mol. The van der Waals surface area contributed by atoms with Crippen LogP contribution in [0.15, 0.2) is 64.6 Å². The molecule has 3 aromatic carbocycles. The van der Waals surface area contributed by atoms with Crippen molar-refractivity contribution in [3.8, 4) is 0 Å². The first-order chi connectivity index (χ1) is 20.3. The minimum absolute atomic E-state index is 0.0396. The Morgan fingerprint density at radius 3 is 2.47 bits per heavy atom. The van der Waals surface area contributed by atoms with Gasteiger partial charge in [0.2, 0.25) is 0 Å². The first kappa shape index (κ1) is 30.4. The normalized spacial score (nSPS) is 23.0. The SMILES string of the molecule is O=C(Nc1cc(F)c(F)c(F)c1)c1ccc(Cl)c(S(=O)(=O)[C@@H]2C3CCC2[C@@](O)(/C=N/OCc2ccc([N+](=O)[O-])cc2)C3)c1. The number of hydrogen-bond donors (Lipinski definition) is 2. The van der Waals surface area contributed by atoms with E-state index in [9.17, 15) is 41.6 Å². The number of halogens is 4. The summed E-state index contributed by atoms with van der Waals surface area (Å²) in [6.07, 6.45) is 2.15. The molecule has 2 N–H and O–H groups in total. The van der Waals surface area contributed by atoms with Crippen molar-refractivity contribution >= 4 is 44.9 Å². The zero-order chi connectivity index (χ0) is 31.1. The number of benzene rings is 3. The molecule has 10 nitrogen and oxygen atoms in total. The van der Waals surface area contributed by atoms with Crippen LogP contribution in [0.3, 0.4) is 0 Å². The van der Waals surface area contributed by atoms with E-state index in [0.29, 0.717) is 30.5 Å². The molecule has 15 heteroatoms. The number of sulfone groups is 1. The topological polar surface area (TPSA) is 148 Å². The number of oxime groups is 1. The van der Waals surface area contributed by atoms with E-state index in [1.165, 1.54) is 36.4 Å². The lowest BCUT2D eigenvalue weighted by atomic mass is 9.85. The van der Waals surface area contributed by atoms with Gasteiger partial charge in [0.15, 0.2) is 27.3 Å². The zero-order valence-electron chi connectivity index (χ0n) is 22.0. The van der Waals surface area contributed by atoms with Crippen LogP contribution in [-0.4, -0.2) is 41.4 Å². The highest BCUT2D eigenvalue weighted by atomic mass is 35.5. The van der Waals surface area contributed by atoms with Crippen molar-refractivity contribution < 1.29 is 41.3 Å². The molecule has 2 aliphatic carbocycles.